The highest BCUT2D eigenvalue weighted by Gasteiger charge is 2.14. The maximum Gasteiger partial charge on any atom is 0.297 e. The van der Waals surface area contributed by atoms with E-state index in [4.69, 9.17) is 5.73 Å². The highest BCUT2D eigenvalue weighted by Crippen LogP contribution is 2.12. The molecule has 0 unspecified atom stereocenters. The molecule has 0 amide bonds. The predicted molar refractivity (Wildman–Crippen MR) is 53.2 cm³/mol. The molecule has 0 aliphatic heterocycles. The molecule has 0 aliphatic carbocycles. The van der Waals surface area contributed by atoms with Crippen LogP contribution in [0.2, 0.25) is 0 Å². The molecule has 0 heterocycles. The van der Waals surface area contributed by atoms with E-state index in [-0.39, 0.29) is 4.90 Å². The SMILES string of the molecule is NCc1ccc(S(=O)(=O)OC[C]=O)cc1. The summed E-state index contributed by atoms with van der Waals surface area (Å²) in [7, 11) is -3.85. The molecular formula is C9H10NO4S. The number of carbonyl (C=O) groups excluding carboxylic acids is 1. The van der Waals surface area contributed by atoms with Crippen LogP contribution in [0.4, 0.5) is 0 Å². The van der Waals surface area contributed by atoms with Crippen molar-refractivity contribution in [3.05, 3.63) is 29.8 Å². The van der Waals surface area contributed by atoms with E-state index in [0.29, 0.717) is 6.54 Å². The normalized spacial score (nSPS) is 11.3. The fraction of sp³-hybridized carbons (Fsp3) is 0.222. The molecular weight excluding hydrogens is 218 g/mol. The minimum Gasteiger partial charge on any atom is -0.326 e. The van der Waals surface area contributed by atoms with E-state index in [9.17, 15) is 13.2 Å². The van der Waals surface area contributed by atoms with E-state index >= 15 is 0 Å². The number of nitrogens with two attached hydrogens (primary N) is 1. The quantitative estimate of drug-likeness (QED) is 0.714. The van der Waals surface area contributed by atoms with Crippen molar-refractivity contribution in [2.75, 3.05) is 6.61 Å². The molecule has 81 valence electrons. The van der Waals surface area contributed by atoms with E-state index in [1.165, 1.54) is 18.4 Å². The van der Waals surface area contributed by atoms with Gasteiger partial charge in [-0.1, -0.05) is 12.1 Å². The third kappa shape index (κ3) is 3.12. The number of benzene rings is 1. The summed E-state index contributed by atoms with van der Waals surface area (Å²) < 4.78 is 27.1. The van der Waals surface area contributed by atoms with Gasteiger partial charge in [0.05, 0.1) is 4.90 Å². The van der Waals surface area contributed by atoms with E-state index in [1.807, 2.05) is 0 Å². The fourth-order valence-corrected chi connectivity index (χ4v) is 1.77. The maximum absolute atomic E-state index is 11.4. The van der Waals surface area contributed by atoms with Gasteiger partial charge < -0.3 is 5.73 Å². The van der Waals surface area contributed by atoms with Crippen LogP contribution in [0.3, 0.4) is 0 Å². The summed E-state index contributed by atoms with van der Waals surface area (Å²) in [6.07, 6.45) is 1.34. The third-order valence-electron chi connectivity index (χ3n) is 1.72. The molecule has 1 aromatic rings. The van der Waals surface area contributed by atoms with Crippen LogP contribution in [0.5, 0.6) is 0 Å². The minimum atomic E-state index is -3.85. The van der Waals surface area contributed by atoms with E-state index in [0.717, 1.165) is 5.56 Å². The second-order valence-corrected chi connectivity index (χ2v) is 4.32. The van der Waals surface area contributed by atoms with Gasteiger partial charge in [-0.15, -0.1) is 0 Å². The first kappa shape index (κ1) is 11.8. The van der Waals surface area contributed by atoms with Gasteiger partial charge in [0.1, 0.15) is 6.61 Å². The second kappa shape index (κ2) is 5.01. The average molecular weight is 228 g/mol. The van der Waals surface area contributed by atoms with Gasteiger partial charge in [-0.2, -0.15) is 8.42 Å². The van der Waals surface area contributed by atoms with E-state index in [1.54, 1.807) is 12.1 Å². The Bertz CT molecular complexity index is 424. The van der Waals surface area contributed by atoms with Crippen molar-refractivity contribution >= 4 is 16.4 Å². The van der Waals surface area contributed by atoms with Crippen LogP contribution in [0.1, 0.15) is 5.56 Å². The van der Waals surface area contributed by atoms with E-state index < -0.39 is 16.7 Å². The largest absolute Gasteiger partial charge is 0.326 e. The van der Waals surface area contributed by atoms with Crippen molar-refractivity contribution in [3.8, 4) is 0 Å². The van der Waals surface area contributed by atoms with Gasteiger partial charge in [0.2, 0.25) is 6.29 Å². The lowest BCUT2D eigenvalue weighted by Gasteiger charge is -2.03. The van der Waals surface area contributed by atoms with E-state index in [2.05, 4.69) is 4.18 Å². The summed E-state index contributed by atoms with van der Waals surface area (Å²) >= 11 is 0. The number of hydrogen-bond acceptors (Lipinski definition) is 5. The lowest BCUT2D eigenvalue weighted by molar-refractivity contribution is 0.359. The van der Waals surface area contributed by atoms with Gasteiger partial charge in [0, 0.05) is 6.54 Å². The lowest BCUT2D eigenvalue weighted by Crippen LogP contribution is -2.08. The fourth-order valence-electron chi connectivity index (χ4n) is 0.962. The molecule has 0 saturated heterocycles. The molecule has 1 rings (SSSR count). The first-order valence-electron chi connectivity index (χ1n) is 4.13. The van der Waals surface area contributed by atoms with Gasteiger partial charge >= 0.3 is 0 Å². The smallest absolute Gasteiger partial charge is 0.297 e. The Morgan fingerprint density at radius 3 is 2.33 bits per heavy atom. The van der Waals surface area contributed by atoms with Crippen molar-refractivity contribution in [2.24, 2.45) is 5.73 Å². The topological polar surface area (TPSA) is 86.5 Å². The third-order valence-corrected chi connectivity index (χ3v) is 3.00. The summed E-state index contributed by atoms with van der Waals surface area (Å²) in [6.45, 7) is -0.260. The standard InChI is InChI=1S/C9H10NO4S/c10-7-8-1-3-9(4-2-8)15(12,13)14-6-5-11/h1-4H,6-7,10H2. The van der Waals surface area contributed by atoms with Crippen molar-refractivity contribution in [2.45, 2.75) is 11.4 Å². The van der Waals surface area contributed by atoms with Crippen molar-refractivity contribution in [1.82, 2.24) is 0 Å². The van der Waals surface area contributed by atoms with Crippen LogP contribution in [0.25, 0.3) is 0 Å². The van der Waals surface area contributed by atoms with Crippen LogP contribution in [-0.4, -0.2) is 21.3 Å². The molecule has 6 heteroatoms. The number of hydrogen-bond donors (Lipinski definition) is 1. The monoisotopic (exact) mass is 228 g/mol. The number of rotatable bonds is 5. The summed E-state index contributed by atoms with van der Waals surface area (Å²) in [5, 5.41) is 0. The Morgan fingerprint density at radius 1 is 1.27 bits per heavy atom. The highest BCUT2D eigenvalue weighted by atomic mass is 32.2. The molecule has 0 spiro atoms. The van der Waals surface area contributed by atoms with Crippen LogP contribution in [-0.2, 0) is 25.6 Å². The van der Waals surface area contributed by atoms with Gasteiger partial charge in [-0.3, -0.25) is 8.98 Å². The van der Waals surface area contributed by atoms with Gasteiger partial charge in [0.15, 0.2) is 0 Å². The minimum absolute atomic E-state index is 0.00468. The Hall–Kier alpha value is -1.24. The summed E-state index contributed by atoms with van der Waals surface area (Å²) in [5.41, 5.74) is 6.17. The Labute approximate surface area is 88.0 Å². The molecule has 0 aliphatic rings. The average Bonchev–Trinajstić information content (AvgIpc) is 2.26. The second-order valence-electron chi connectivity index (χ2n) is 2.71. The summed E-state index contributed by atoms with van der Waals surface area (Å²) in [6, 6.07) is 5.92. The molecule has 0 atom stereocenters. The molecule has 1 aromatic carbocycles. The van der Waals surface area contributed by atoms with Crippen LogP contribution in [0, 0.1) is 0 Å². The molecule has 0 aromatic heterocycles. The zero-order chi connectivity index (χ0) is 11.3. The molecule has 2 N–H and O–H groups in total. The summed E-state index contributed by atoms with van der Waals surface area (Å²) in [5.74, 6) is 0. The zero-order valence-corrected chi connectivity index (χ0v) is 8.66. The first-order valence-corrected chi connectivity index (χ1v) is 5.54. The van der Waals surface area contributed by atoms with Crippen molar-refractivity contribution < 1.29 is 17.4 Å². The predicted octanol–water partition coefficient (Wildman–Crippen LogP) is -0.0397. The van der Waals surface area contributed by atoms with Crippen molar-refractivity contribution in [1.29, 1.82) is 0 Å². The maximum atomic E-state index is 11.4. The van der Waals surface area contributed by atoms with Gasteiger partial charge in [-0.25, -0.2) is 0 Å². The first-order chi connectivity index (χ1) is 7.10. The molecule has 0 fully saturated rings. The molecule has 15 heavy (non-hydrogen) atoms. The van der Waals surface area contributed by atoms with Crippen molar-refractivity contribution in [3.63, 3.8) is 0 Å². The molecule has 1 radical (unpaired) electrons. The Morgan fingerprint density at radius 2 is 1.87 bits per heavy atom. The van der Waals surface area contributed by atoms with Gasteiger partial charge in [-0.05, 0) is 17.7 Å². The molecule has 5 nitrogen and oxygen atoms in total. The summed E-state index contributed by atoms with van der Waals surface area (Å²) in [4.78, 5) is 9.85. The highest BCUT2D eigenvalue weighted by molar-refractivity contribution is 7.86. The molecule has 0 bridgehead atoms. The Kier molecular flexibility index (Phi) is 3.96. The lowest BCUT2D eigenvalue weighted by atomic mass is 10.2. The molecule has 0 saturated carbocycles. The van der Waals surface area contributed by atoms with Crippen LogP contribution in [0.15, 0.2) is 29.2 Å². The van der Waals surface area contributed by atoms with Crippen LogP contribution >= 0.6 is 0 Å². The van der Waals surface area contributed by atoms with Gasteiger partial charge in [0.25, 0.3) is 10.1 Å². The van der Waals surface area contributed by atoms with Crippen LogP contribution < -0.4 is 5.73 Å². The zero-order valence-electron chi connectivity index (χ0n) is 7.84. The Balaban J connectivity index is 2.90.